The van der Waals surface area contributed by atoms with Crippen LogP contribution in [0.3, 0.4) is 0 Å². The maximum atomic E-state index is 12.6. The molecule has 0 fully saturated rings. The third kappa shape index (κ3) is 5.72. The van der Waals surface area contributed by atoms with Crippen LogP contribution < -0.4 is 5.32 Å². The number of halogens is 3. The van der Waals surface area contributed by atoms with Gasteiger partial charge in [0.2, 0.25) is 5.91 Å². The predicted molar refractivity (Wildman–Crippen MR) is 96.7 cm³/mol. The second-order valence-corrected chi connectivity index (χ2v) is 7.07. The minimum atomic E-state index is -4.43. The van der Waals surface area contributed by atoms with E-state index in [2.05, 4.69) is 15.5 Å². The molecule has 28 heavy (non-hydrogen) atoms. The highest BCUT2D eigenvalue weighted by molar-refractivity contribution is 8.00. The number of anilines is 1. The van der Waals surface area contributed by atoms with Gasteiger partial charge in [-0.3, -0.25) is 9.59 Å². The Bertz CT molecular complexity index is 837. The zero-order chi connectivity index (χ0) is 20.9. The molecule has 0 saturated heterocycles. The molecule has 7 nitrogen and oxygen atoms in total. The molecule has 152 valence electrons. The Morgan fingerprint density at radius 1 is 1.25 bits per heavy atom. The highest BCUT2D eigenvalue weighted by atomic mass is 32.2. The summed E-state index contributed by atoms with van der Waals surface area (Å²) >= 11 is 1.11. The summed E-state index contributed by atoms with van der Waals surface area (Å²) in [6, 6.07) is 4.19. The van der Waals surface area contributed by atoms with E-state index in [-0.39, 0.29) is 18.7 Å². The minimum absolute atomic E-state index is 0.0377. The van der Waals surface area contributed by atoms with Crippen molar-refractivity contribution in [1.29, 1.82) is 0 Å². The summed E-state index contributed by atoms with van der Waals surface area (Å²) in [7, 11) is 1.66. The van der Waals surface area contributed by atoms with Crippen molar-refractivity contribution in [2.45, 2.75) is 36.9 Å². The third-order valence-electron chi connectivity index (χ3n) is 3.66. The van der Waals surface area contributed by atoms with E-state index in [0.29, 0.717) is 11.0 Å². The first-order chi connectivity index (χ1) is 13.1. The number of rotatable bonds is 7. The minimum Gasteiger partial charge on any atom is -0.466 e. The molecule has 0 bridgehead atoms. The quantitative estimate of drug-likeness (QED) is 0.552. The fraction of sp³-hybridized carbons (Fsp3) is 0.412. The van der Waals surface area contributed by atoms with Crippen molar-refractivity contribution in [3.8, 4) is 0 Å². The number of thioether (sulfide) groups is 1. The molecule has 1 amide bonds. The Labute approximate surface area is 163 Å². The summed E-state index contributed by atoms with van der Waals surface area (Å²) in [6.07, 6.45) is -4.47. The van der Waals surface area contributed by atoms with E-state index in [0.717, 1.165) is 23.9 Å². The van der Waals surface area contributed by atoms with E-state index in [1.54, 1.807) is 25.5 Å². The zero-order valence-corrected chi connectivity index (χ0v) is 16.2. The second kappa shape index (κ2) is 9.09. The Morgan fingerprint density at radius 2 is 1.89 bits per heavy atom. The number of hydrogen-bond acceptors (Lipinski definition) is 6. The van der Waals surface area contributed by atoms with E-state index >= 15 is 0 Å². The number of esters is 1. The molecule has 0 aliphatic heterocycles. The molecule has 2 aromatic rings. The van der Waals surface area contributed by atoms with Gasteiger partial charge in [-0.05, 0) is 38.1 Å². The molecule has 1 heterocycles. The van der Waals surface area contributed by atoms with Crippen LogP contribution in [0.5, 0.6) is 0 Å². The van der Waals surface area contributed by atoms with Crippen LogP contribution >= 0.6 is 11.8 Å². The fourth-order valence-electron chi connectivity index (χ4n) is 2.14. The van der Waals surface area contributed by atoms with Gasteiger partial charge in [0.1, 0.15) is 12.2 Å². The summed E-state index contributed by atoms with van der Waals surface area (Å²) in [5.41, 5.74) is -0.535. The lowest BCUT2D eigenvalue weighted by atomic mass is 10.2. The Morgan fingerprint density at radius 3 is 2.46 bits per heavy atom. The number of ether oxygens (including phenoxy) is 1. The number of nitrogens with zero attached hydrogens (tertiary/aromatic N) is 3. The van der Waals surface area contributed by atoms with Gasteiger partial charge in [0.05, 0.1) is 17.4 Å². The molecule has 0 unspecified atom stereocenters. The largest absolute Gasteiger partial charge is 0.466 e. The molecular weight excluding hydrogens is 397 g/mol. The first-order valence-corrected chi connectivity index (χ1v) is 9.18. The maximum absolute atomic E-state index is 12.6. The third-order valence-corrected chi connectivity index (χ3v) is 4.80. The first-order valence-electron chi connectivity index (χ1n) is 8.30. The lowest BCUT2D eigenvalue weighted by molar-refractivity contribution is -0.142. The van der Waals surface area contributed by atoms with Gasteiger partial charge in [0.15, 0.2) is 5.16 Å². The summed E-state index contributed by atoms with van der Waals surface area (Å²) in [6.45, 7) is 3.59. The number of carbonyl (C=O) groups is 2. The van der Waals surface area contributed by atoms with Crippen molar-refractivity contribution in [3.05, 3.63) is 35.7 Å². The maximum Gasteiger partial charge on any atom is 0.416 e. The van der Waals surface area contributed by atoms with E-state index in [4.69, 9.17) is 4.74 Å². The average Bonchev–Trinajstić information content (AvgIpc) is 2.95. The van der Waals surface area contributed by atoms with Crippen molar-refractivity contribution >= 4 is 29.3 Å². The van der Waals surface area contributed by atoms with Crippen LogP contribution in [0, 0.1) is 0 Å². The van der Waals surface area contributed by atoms with Crippen molar-refractivity contribution < 1.29 is 27.5 Å². The average molecular weight is 416 g/mol. The first kappa shape index (κ1) is 21.7. The molecule has 1 atom stereocenters. The lowest BCUT2D eigenvalue weighted by Crippen LogP contribution is -2.23. The number of amides is 1. The van der Waals surface area contributed by atoms with Crippen molar-refractivity contribution in [1.82, 2.24) is 14.8 Å². The predicted octanol–water partition coefficient (Wildman–Crippen LogP) is 3.06. The number of hydrogen-bond donors (Lipinski definition) is 1. The summed E-state index contributed by atoms with van der Waals surface area (Å²) in [5.74, 6) is -0.432. The van der Waals surface area contributed by atoms with Crippen molar-refractivity contribution in [2.24, 2.45) is 7.05 Å². The van der Waals surface area contributed by atoms with Gasteiger partial charge < -0.3 is 14.6 Å². The van der Waals surface area contributed by atoms with Gasteiger partial charge in [-0.15, -0.1) is 10.2 Å². The molecule has 0 spiro atoms. The molecule has 11 heteroatoms. The van der Waals surface area contributed by atoms with Crippen LogP contribution in [0.2, 0.25) is 0 Å². The fourth-order valence-corrected chi connectivity index (χ4v) is 2.97. The standard InChI is InChI=1S/C17H19F3N4O3S/c1-4-27-14(25)9-13-22-23-16(24(13)3)28-10(2)15(26)21-12-7-5-11(6-8-12)17(18,19)20/h5-8,10H,4,9H2,1-3H3,(H,21,26)/t10-/m1/s1. The number of benzene rings is 1. The molecule has 0 aliphatic rings. The van der Waals surface area contributed by atoms with Gasteiger partial charge in [0, 0.05) is 12.7 Å². The summed E-state index contributed by atoms with van der Waals surface area (Å²) in [5, 5.41) is 10.3. The van der Waals surface area contributed by atoms with Gasteiger partial charge >= 0.3 is 12.1 Å². The van der Waals surface area contributed by atoms with Crippen LogP contribution in [0.4, 0.5) is 18.9 Å². The SMILES string of the molecule is CCOC(=O)Cc1nnc(S[C@H](C)C(=O)Nc2ccc(C(F)(F)F)cc2)n1C. The van der Waals surface area contributed by atoms with Crippen LogP contribution in [-0.2, 0) is 34.0 Å². The van der Waals surface area contributed by atoms with Crippen LogP contribution in [0.15, 0.2) is 29.4 Å². The van der Waals surface area contributed by atoms with E-state index in [1.807, 2.05) is 0 Å². The van der Waals surface area contributed by atoms with Gasteiger partial charge in [0.25, 0.3) is 0 Å². The zero-order valence-electron chi connectivity index (χ0n) is 15.4. The molecule has 1 aromatic carbocycles. The summed E-state index contributed by atoms with van der Waals surface area (Å²) in [4.78, 5) is 23.8. The van der Waals surface area contributed by atoms with E-state index in [9.17, 15) is 22.8 Å². The highest BCUT2D eigenvalue weighted by Gasteiger charge is 2.30. The smallest absolute Gasteiger partial charge is 0.416 e. The molecule has 1 N–H and O–H groups in total. The molecule has 1 aromatic heterocycles. The van der Waals surface area contributed by atoms with Crippen LogP contribution in [-0.4, -0.2) is 38.5 Å². The van der Waals surface area contributed by atoms with E-state index in [1.165, 1.54) is 12.1 Å². The van der Waals surface area contributed by atoms with E-state index < -0.39 is 28.9 Å². The number of nitrogens with one attached hydrogen (secondary N) is 1. The van der Waals surface area contributed by atoms with Gasteiger partial charge in [-0.25, -0.2) is 0 Å². The van der Waals surface area contributed by atoms with Gasteiger partial charge in [-0.2, -0.15) is 13.2 Å². The number of alkyl halides is 3. The molecule has 0 saturated carbocycles. The van der Waals surface area contributed by atoms with Crippen LogP contribution in [0.1, 0.15) is 25.2 Å². The Kier molecular flexibility index (Phi) is 7.05. The monoisotopic (exact) mass is 416 g/mol. The van der Waals surface area contributed by atoms with Gasteiger partial charge in [-0.1, -0.05) is 11.8 Å². The Balaban J connectivity index is 1.97. The number of aromatic nitrogens is 3. The number of carbonyl (C=O) groups excluding carboxylic acids is 2. The molecular formula is C17H19F3N4O3S. The van der Waals surface area contributed by atoms with Crippen LogP contribution in [0.25, 0.3) is 0 Å². The topological polar surface area (TPSA) is 86.1 Å². The van der Waals surface area contributed by atoms with Crippen molar-refractivity contribution in [3.63, 3.8) is 0 Å². The molecule has 0 radical (unpaired) electrons. The summed E-state index contributed by atoms with van der Waals surface area (Å²) < 4.78 is 44.2. The molecule has 2 rings (SSSR count). The molecule has 0 aliphatic carbocycles. The normalized spacial score (nSPS) is 12.5. The van der Waals surface area contributed by atoms with Crippen molar-refractivity contribution in [2.75, 3.05) is 11.9 Å². The Hall–Kier alpha value is -2.56. The second-order valence-electron chi connectivity index (χ2n) is 5.76. The lowest BCUT2D eigenvalue weighted by Gasteiger charge is -2.12. The highest BCUT2D eigenvalue weighted by Crippen LogP contribution is 2.30.